The van der Waals surface area contributed by atoms with E-state index in [4.69, 9.17) is 4.74 Å². The second kappa shape index (κ2) is 8.67. The molecule has 0 amide bonds. The van der Waals surface area contributed by atoms with Crippen molar-refractivity contribution in [2.24, 2.45) is 0 Å². The number of hydrogen-bond donors (Lipinski definition) is 1. The van der Waals surface area contributed by atoms with E-state index in [1.807, 2.05) is 0 Å². The van der Waals surface area contributed by atoms with Crippen molar-refractivity contribution in [3.63, 3.8) is 0 Å². The predicted molar refractivity (Wildman–Crippen MR) is 121 cm³/mol. The van der Waals surface area contributed by atoms with Crippen LogP contribution in [0.1, 0.15) is 55.2 Å². The number of nitrogens with zero attached hydrogens (tertiary/aromatic N) is 3. The van der Waals surface area contributed by atoms with Crippen LogP contribution in [-0.2, 0) is 11.7 Å². The van der Waals surface area contributed by atoms with Crippen molar-refractivity contribution in [1.29, 1.82) is 0 Å². The lowest BCUT2D eigenvalue weighted by atomic mass is 9.97. The molecule has 3 aromatic rings. The standard InChI is InChI=1S/C24H24F6N4O2/c1-5-36-19-18-16(11-34(21(19)35)22(9-10-22)24(28,29)30)20(33-14(4)32-18)31-13(3)15-7-6-8-17(12(15)2)23(25,26)27/h6-8,11,13H,5,9-10H2,1-4H3,(H,31,32,33)/t13-/m1/s1. The van der Waals surface area contributed by atoms with E-state index in [9.17, 15) is 31.1 Å². The van der Waals surface area contributed by atoms with Crippen molar-refractivity contribution >= 4 is 16.7 Å². The number of hydrogen-bond acceptors (Lipinski definition) is 5. The van der Waals surface area contributed by atoms with Crippen molar-refractivity contribution in [3.8, 4) is 5.75 Å². The van der Waals surface area contributed by atoms with Gasteiger partial charge in [-0.2, -0.15) is 26.3 Å². The fraction of sp³-hybridized carbons (Fsp3) is 0.458. The minimum Gasteiger partial charge on any atom is -0.487 e. The number of aryl methyl sites for hydroxylation is 1. The lowest BCUT2D eigenvalue weighted by Gasteiger charge is -2.25. The lowest BCUT2D eigenvalue weighted by Crippen LogP contribution is -2.41. The number of halogens is 6. The maximum Gasteiger partial charge on any atom is 0.416 e. The van der Waals surface area contributed by atoms with Crippen LogP contribution in [0.15, 0.2) is 29.2 Å². The topological polar surface area (TPSA) is 69.0 Å². The third-order valence-corrected chi connectivity index (χ3v) is 6.45. The molecule has 2 aromatic heterocycles. The highest BCUT2D eigenvalue weighted by molar-refractivity contribution is 5.92. The van der Waals surface area contributed by atoms with E-state index in [1.165, 1.54) is 26.0 Å². The second-order valence-corrected chi connectivity index (χ2v) is 8.86. The number of fused-ring (bicyclic) bond motifs is 1. The Kier molecular flexibility index (Phi) is 6.20. The summed E-state index contributed by atoms with van der Waals surface area (Å²) in [6.07, 6.45) is -8.67. The number of aromatic nitrogens is 3. The molecule has 0 bridgehead atoms. The summed E-state index contributed by atoms with van der Waals surface area (Å²) < 4.78 is 88.1. The minimum atomic E-state index is -4.67. The molecule has 0 saturated heterocycles. The summed E-state index contributed by atoms with van der Waals surface area (Å²) in [7, 11) is 0. The monoisotopic (exact) mass is 514 g/mol. The van der Waals surface area contributed by atoms with Gasteiger partial charge in [0.05, 0.1) is 23.6 Å². The second-order valence-electron chi connectivity index (χ2n) is 8.86. The van der Waals surface area contributed by atoms with E-state index in [1.54, 1.807) is 13.8 Å². The molecule has 1 aliphatic rings. The number of anilines is 1. The van der Waals surface area contributed by atoms with E-state index in [0.29, 0.717) is 10.1 Å². The Balaban J connectivity index is 1.89. The van der Waals surface area contributed by atoms with Crippen LogP contribution in [0.25, 0.3) is 10.9 Å². The van der Waals surface area contributed by atoms with Gasteiger partial charge in [0.25, 0.3) is 5.56 Å². The van der Waals surface area contributed by atoms with E-state index in [2.05, 4.69) is 15.3 Å². The quantitative estimate of drug-likeness (QED) is 0.406. The molecule has 194 valence electrons. The minimum absolute atomic E-state index is 0.0129. The zero-order valence-corrected chi connectivity index (χ0v) is 19.9. The van der Waals surface area contributed by atoms with Gasteiger partial charge >= 0.3 is 12.4 Å². The first-order valence-electron chi connectivity index (χ1n) is 11.3. The molecule has 1 aromatic carbocycles. The Labute approximate surface area is 202 Å². The van der Waals surface area contributed by atoms with Gasteiger partial charge in [-0.1, -0.05) is 12.1 Å². The maximum atomic E-state index is 13.9. The van der Waals surface area contributed by atoms with Crippen LogP contribution in [0.5, 0.6) is 5.75 Å². The number of rotatable bonds is 6. The first kappa shape index (κ1) is 25.8. The Bertz CT molecular complexity index is 1380. The lowest BCUT2D eigenvalue weighted by molar-refractivity contribution is -0.180. The molecule has 0 aliphatic heterocycles. The van der Waals surface area contributed by atoms with Crippen molar-refractivity contribution in [2.45, 2.75) is 64.5 Å². The Morgan fingerprint density at radius 3 is 2.36 bits per heavy atom. The molecule has 1 aliphatic carbocycles. The summed E-state index contributed by atoms with van der Waals surface area (Å²) in [4.78, 5) is 21.7. The molecule has 0 unspecified atom stereocenters. The normalized spacial score (nSPS) is 16.2. The van der Waals surface area contributed by atoms with Crippen molar-refractivity contribution in [3.05, 3.63) is 57.3 Å². The summed E-state index contributed by atoms with van der Waals surface area (Å²) in [5, 5.41) is 3.11. The third kappa shape index (κ3) is 4.26. The van der Waals surface area contributed by atoms with Gasteiger partial charge in [0, 0.05) is 6.20 Å². The zero-order valence-electron chi connectivity index (χ0n) is 19.9. The van der Waals surface area contributed by atoms with Gasteiger partial charge in [-0.15, -0.1) is 0 Å². The Morgan fingerprint density at radius 1 is 1.14 bits per heavy atom. The zero-order chi connectivity index (χ0) is 26.6. The molecule has 1 saturated carbocycles. The predicted octanol–water partition coefficient (Wildman–Crippen LogP) is 6.05. The van der Waals surface area contributed by atoms with Gasteiger partial charge in [-0.05, 0) is 57.7 Å². The van der Waals surface area contributed by atoms with Crippen molar-refractivity contribution in [2.75, 3.05) is 11.9 Å². The molecule has 1 atom stereocenters. The largest absolute Gasteiger partial charge is 0.487 e. The first-order chi connectivity index (χ1) is 16.7. The van der Waals surface area contributed by atoms with Gasteiger partial charge in [0.1, 0.15) is 22.7 Å². The average Bonchev–Trinajstić information content (AvgIpc) is 3.57. The van der Waals surface area contributed by atoms with E-state index in [0.717, 1.165) is 12.3 Å². The van der Waals surface area contributed by atoms with Gasteiger partial charge in [-0.25, -0.2) is 9.97 Å². The average molecular weight is 514 g/mol. The highest BCUT2D eigenvalue weighted by atomic mass is 19.4. The third-order valence-electron chi connectivity index (χ3n) is 6.45. The van der Waals surface area contributed by atoms with Crippen LogP contribution in [0, 0.1) is 13.8 Å². The molecular formula is C24H24F6N4O2. The Hall–Kier alpha value is -3.31. The van der Waals surface area contributed by atoms with Crippen LogP contribution in [-0.4, -0.2) is 27.3 Å². The molecule has 1 fully saturated rings. The van der Waals surface area contributed by atoms with Gasteiger partial charge in [0.2, 0.25) is 5.75 Å². The molecule has 2 heterocycles. The molecule has 1 N–H and O–H groups in total. The Morgan fingerprint density at radius 2 is 1.81 bits per heavy atom. The van der Waals surface area contributed by atoms with Gasteiger partial charge in [0.15, 0.2) is 0 Å². The first-order valence-corrected chi connectivity index (χ1v) is 11.3. The number of alkyl halides is 6. The molecule has 12 heteroatoms. The number of benzene rings is 1. The number of nitrogens with one attached hydrogen (secondary N) is 1. The molecule has 6 nitrogen and oxygen atoms in total. The summed E-state index contributed by atoms with van der Waals surface area (Å²) in [6.45, 7) is 6.10. The summed E-state index contributed by atoms with van der Waals surface area (Å²) in [5.41, 5.74) is -3.72. The van der Waals surface area contributed by atoms with Crippen molar-refractivity contribution < 1.29 is 31.1 Å². The SMILES string of the molecule is CCOc1c(=O)n(C2(C(F)(F)F)CC2)cc2c(N[C@H](C)c3cccc(C(F)(F)F)c3C)nc(C)nc12. The summed E-state index contributed by atoms with van der Waals surface area (Å²) in [5.74, 6) is -0.0514. The summed E-state index contributed by atoms with van der Waals surface area (Å²) >= 11 is 0. The molecule has 0 spiro atoms. The number of ether oxygens (including phenoxy) is 1. The molecule has 36 heavy (non-hydrogen) atoms. The van der Waals surface area contributed by atoms with Crippen LogP contribution < -0.4 is 15.6 Å². The molecule has 0 radical (unpaired) electrons. The van der Waals surface area contributed by atoms with Crippen LogP contribution in [0.3, 0.4) is 0 Å². The number of pyridine rings is 1. The molecular weight excluding hydrogens is 490 g/mol. The fourth-order valence-electron chi connectivity index (χ4n) is 4.47. The van der Waals surface area contributed by atoms with E-state index >= 15 is 0 Å². The van der Waals surface area contributed by atoms with Gasteiger partial charge in [-0.3, -0.25) is 9.36 Å². The van der Waals surface area contributed by atoms with E-state index in [-0.39, 0.29) is 53.3 Å². The van der Waals surface area contributed by atoms with Crippen LogP contribution >= 0.6 is 0 Å². The maximum absolute atomic E-state index is 13.9. The highest BCUT2D eigenvalue weighted by Gasteiger charge is 2.65. The highest BCUT2D eigenvalue weighted by Crippen LogP contribution is 2.55. The van der Waals surface area contributed by atoms with Gasteiger partial charge < -0.3 is 10.1 Å². The summed E-state index contributed by atoms with van der Waals surface area (Å²) in [6, 6.07) is 3.09. The van der Waals surface area contributed by atoms with Crippen LogP contribution in [0.4, 0.5) is 32.2 Å². The van der Waals surface area contributed by atoms with E-state index < -0.39 is 35.1 Å². The smallest absolute Gasteiger partial charge is 0.416 e. The van der Waals surface area contributed by atoms with Crippen LogP contribution in [0.2, 0.25) is 0 Å². The fourth-order valence-corrected chi connectivity index (χ4v) is 4.47. The van der Waals surface area contributed by atoms with Crippen molar-refractivity contribution in [1.82, 2.24) is 14.5 Å². The molecule has 4 rings (SSSR count).